The van der Waals surface area contributed by atoms with Gasteiger partial charge in [0.1, 0.15) is 0 Å². The topological polar surface area (TPSA) is 37.3 Å². The molecule has 2 aliphatic rings. The van der Waals surface area contributed by atoms with Crippen molar-refractivity contribution in [2.45, 2.75) is 52.9 Å². The summed E-state index contributed by atoms with van der Waals surface area (Å²) in [6, 6.07) is 0. The second kappa shape index (κ2) is 4.47. The van der Waals surface area contributed by atoms with E-state index in [9.17, 15) is 9.90 Å². The van der Waals surface area contributed by atoms with Gasteiger partial charge in [0.25, 0.3) is 0 Å². The lowest BCUT2D eigenvalue weighted by molar-refractivity contribution is -0.149. The lowest BCUT2D eigenvalue weighted by atomic mass is 9.65. The predicted molar refractivity (Wildman–Crippen MR) is 68.7 cm³/mol. The molecule has 2 bridgehead atoms. The number of carboxylic acids is 1. The molecule has 0 radical (unpaired) electrons. The number of carboxylic acid groups (broad SMARTS) is 1. The van der Waals surface area contributed by atoms with Crippen LogP contribution in [0.5, 0.6) is 0 Å². The van der Waals surface area contributed by atoms with Gasteiger partial charge in [0.2, 0.25) is 0 Å². The smallest absolute Gasteiger partial charge is 0.307 e. The maximum atomic E-state index is 11.5. The molecular weight excluding hydrogens is 212 g/mol. The third-order valence-electron chi connectivity index (χ3n) is 5.09. The van der Waals surface area contributed by atoms with Crippen LogP contribution in [0.15, 0.2) is 11.6 Å². The lowest BCUT2D eigenvalue weighted by Crippen LogP contribution is -2.38. The summed E-state index contributed by atoms with van der Waals surface area (Å²) in [5.74, 6) is 0.456. The van der Waals surface area contributed by atoms with Crippen LogP contribution in [0.25, 0.3) is 0 Å². The van der Waals surface area contributed by atoms with Crippen LogP contribution in [0, 0.1) is 23.2 Å². The van der Waals surface area contributed by atoms with Crippen LogP contribution in [0.3, 0.4) is 0 Å². The van der Waals surface area contributed by atoms with Crippen molar-refractivity contribution in [2.24, 2.45) is 23.2 Å². The van der Waals surface area contributed by atoms with Gasteiger partial charge in [-0.2, -0.15) is 0 Å². The monoisotopic (exact) mass is 236 g/mol. The zero-order chi connectivity index (χ0) is 12.6. The van der Waals surface area contributed by atoms with Crippen molar-refractivity contribution in [3.8, 4) is 0 Å². The molecule has 2 heteroatoms. The molecule has 0 aliphatic heterocycles. The van der Waals surface area contributed by atoms with E-state index in [1.807, 2.05) is 0 Å². The Labute approximate surface area is 104 Å². The number of fused-ring (bicyclic) bond motifs is 2. The minimum absolute atomic E-state index is 0.0424. The van der Waals surface area contributed by atoms with E-state index in [0.717, 1.165) is 25.7 Å². The molecule has 2 saturated carbocycles. The fourth-order valence-electron chi connectivity index (χ4n) is 4.23. The summed E-state index contributed by atoms with van der Waals surface area (Å²) in [4.78, 5) is 11.5. The molecule has 2 nitrogen and oxygen atoms in total. The van der Waals surface area contributed by atoms with Crippen LogP contribution in [-0.4, -0.2) is 11.1 Å². The molecule has 2 fully saturated rings. The highest BCUT2D eigenvalue weighted by molar-refractivity contribution is 5.72. The number of hydrogen-bond acceptors (Lipinski definition) is 1. The first-order valence-corrected chi connectivity index (χ1v) is 6.81. The number of aliphatic carboxylic acids is 1. The summed E-state index contributed by atoms with van der Waals surface area (Å²) < 4.78 is 0. The molecule has 0 aromatic rings. The maximum Gasteiger partial charge on any atom is 0.307 e. The van der Waals surface area contributed by atoms with Crippen molar-refractivity contribution in [2.75, 3.05) is 0 Å². The molecule has 0 heterocycles. The van der Waals surface area contributed by atoms with Gasteiger partial charge in [0, 0.05) is 0 Å². The molecule has 0 spiro atoms. The summed E-state index contributed by atoms with van der Waals surface area (Å²) >= 11 is 0. The van der Waals surface area contributed by atoms with Crippen LogP contribution >= 0.6 is 0 Å². The van der Waals surface area contributed by atoms with Crippen molar-refractivity contribution in [1.82, 2.24) is 0 Å². The first kappa shape index (κ1) is 12.7. The third kappa shape index (κ3) is 2.14. The number of rotatable bonds is 4. The first-order valence-electron chi connectivity index (χ1n) is 6.81. The fourth-order valence-corrected chi connectivity index (χ4v) is 4.23. The highest BCUT2D eigenvalue weighted by Crippen LogP contribution is 2.61. The lowest BCUT2D eigenvalue weighted by Gasteiger charge is -2.39. The number of allylic oxidation sites excluding steroid dienone is 2. The van der Waals surface area contributed by atoms with E-state index in [0.29, 0.717) is 11.8 Å². The van der Waals surface area contributed by atoms with Crippen molar-refractivity contribution in [1.29, 1.82) is 0 Å². The van der Waals surface area contributed by atoms with E-state index in [1.54, 1.807) is 0 Å². The van der Waals surface area contributed by atoms with Crippen molar-refractivity contribution in [3.05, 3.63) is 11.6 Å². The molecule has 0 amide bonds. The highest BCUT2D eigenvalue weighted by Gasteiger charge is 2.57. The molecule has 17 heavy (non-hydrogen) atoms. The average molecular weight is 236 g/mol. The third-order valence-corrected chi connectivity index (χ3v) is 5.09. The molecule has 4 unspecified atom stereocenters. The first-order chi connectivity index (χ1) is 7.95. The van der Waals surface area contributed by atoms with Gasteiger partial charge < -0.3 is 5.11 Å². The van der Waals surface area contributed by atoms with Gasteiger partial charge in [-0.05, 0) is 63.2 Å². The van der Waals surface area contributed by atoms with E-state index in [1.165, 1.54) is 12.0 Å². The zero-order valence-corrected chi connectivity index (χ0v) is 11.2. The molecular formula is C15H24O2. The molecule has 2 aliphatic carbocycles. The van der Waals surface area contributed by atoms with Gasteiger partial charge in [-0.25, -0.2) is 0 Å². The van der Waals surface area contributed by atoms with Crippen molar-refractivity contribution in [3.63, 3.8) is 0 Å². The van der Waals surface area contributed by atoms with E-state index < -0.39 is 5.97 Å². The summed E-state index contributed by atoms with van der Waals surface area (Å²) in [7, 11) is 0. The normalized spacial score (nSPS) is 39.4. The molecule has 0 aromatic carbocycles. The molecule has 0 saturated heterocycles. The van der Waals surface area contributed by atoms with Crippen LogP contribution in [0.2, 0.25) is 0 Å². The van der Waals surface area contributed by atoms with Crippen LogP contribution < -0.4 is 0 Å². The van der Waals surface area contributed by atoms with Gasteiger partial charge in [0.15, 0.2) is 0 Å². The summed E-state index contributed by atoms with van der Waals surface area (Å²) in [5.41, 5.74) is 1.38. The quantitative estimate of drug-likeness (QED) is 0.752. The molecule has 0 aromatic heterocycles. The Morgan fingerprint density at radius 3 is 2.71 bits per heavy atom. The summed E-state index contributed by atoms with van der Waals surface area (Å²) in [6.45, 7) is 6.43. The van der Waals surface area contributed by atoms with E-state index in [2.05, 4.69) is 26.8 Å². The number of hydrogen-bond donors (Lipinski definition) is 1. The Morgan fingerprint density at radius 1 is 1.41 bits per heavy atom. The summed E-state index contributed by atoms with van der Waals surface area (Å²) in [6.07, 6.45) is 7.86. The zero-order valence-electron chi connectivity index (χ0n) is 11.2. The van der Waals surface area contributed by atoms with Gasteiger partial charge in [-0.3, -0.25) is 4.79 Å². The molecule has 1 N–H and O–H groups in total. The molecule has 4 atom stereocenters. The Kier molecular flexibility index (Phi) is 3.33. The number of carbonyl (C=O) groups is 1. The average Bonchev–Trinajstić information content (AvgIpc) is 2.74. The van der Waals surface area contributed by atoms with Crippen LogP contribution in [-0.2, 0) is 4.79 Å². The predicted octanol–water partition coefficient (Wildman–Crippen LogP) is 3.87. The van der Waals surface area contributed by atoms with Gasteiger partial charge in [-0.15, -0.1) is 0 Å². The van der Waals surface area contributed by atoms with Crippen molar-refractivity contribution < 1.29 is 9.90 Å². The Bertz CT molecular complexity index is 341. The van der Waals surface area contributed by atoms with Crippen molar-refractivity contribution >= 4 is 5.97 Å². The SMILES string of the molecule is CC(C)=CCCC1(C)C2CCC(C2)C1C(=O)O. The maximum absolute atomic E-state index is 11.5. The van der Waals surface area contributed by atoms with E-state index in [-0.39, 0.29) is 11.3 Å². The largest absolute Gasteiger partial charge is 0.481 e. The van der Waals surface area contributed by atoms with Gasteiger partial charge in [-0.1, -0.05) is 18.6 Å². The Hall–Kier alpha value is -0.790. The second-order valence-electron chi connectivity index (χ2n) is 6.41. The second-order valence-corrected chi connectivity index (χ2v) is 6.41. The Morgan fingerprint density at radius 2 is 2.12 bits per heavy atom. The minimum Gasteiger partial charge on any atom is -0.481 e. The Balaban J connectivity index is 2.10. The highest BCUT2D eigenvalue weighted by atomic mass is 16.4. The summed E-state index contributed by atoms with van der Waals surface area (Å²) in [5, 5.41) is 9.46. The molecule has 2 rings (SSSR count). The standard InChI is InChI=1S/C15H24O2/c1-10(2)5-4-8-15(3)12-7-6-11(9-12)13(15)14(16)17/h5,11-13H,4,6-9H2,1-3H3,(H,16,17). The van der Waals surface area contributed by atoms with E-state index in [4.69, 9.17) is 0 Å². The molecule has 96 valence electrons. The van der Waals surface area contributed by atoms with Crippen LogP contribution in [0.1, 0.15) is 52.9 Å². The van der Waals surface area contributed by atoms with E-state index >= 15 is 0 Å². The van der Waals surface area contributed by atoms with Gasteiger partial charge >= 0.3 is 5.97 Å². The van der Waals surface area contributed by atoms with Gasteiger partial charge in [0.05, 0.1) is 5.92 Å². The van der Waals surface area contributed by atoms with Crippen LogP contribution in [0.4, 0.5) is 0 Å². The fraction of sp³-hybridized carbons (Fsp3) is 0.800. The minimum atomic E-state index is -0.558.